The highest BCUT2D eigenvalue weighted by molar-refractivity contribution is 7.80. The zero-order valence-corrected chi connectivity index (χ0v) is 14.8. The van der Waals surface area contributed by atoms with Crippen molar-refractivity contribution in [3.63, 3.8) is 0 Å². The molecule has 0 amide bonds. The number of fused-ring (bicyclic) bond motifs is 1. The van der Waals surface area contributed by atoms with Crippen LogP contribution in [0.2, 0.25) is 10.0 Å². The normalized spacial score (nSPS) is 10.9. The number of nitrogens with zero attached hydrogens (tertiary/aromatic N) is 1. The first-order valence-corrected chi connectivity index (χ1v) is 8.33. The fraction of sp³-hybridized carbons (Fsp3) is 0. The predicted octanol–water partition coefficient (Wildman–Crippen LogP) is 5.47. The van der Waals surface area contributed by atoms with Crippen LogP contribution in [0.25, 0.3) is 10.8 Å². The molecule has 0 radical (unpaired) electrons. The highest BCUT2D eigenvalue weighted by Gasteiger charge is 2.02. The van der Waals surface area contributed by atoms with E-state index in [0.717, 1.165) is 22.0 Å². The highest BCUT2D eigenvalue weighted by Crippen LogP contribution is 2.23. The molecule has 0 aliphatic rings. The molecule has 3 rings (SSSR count). The van der Waals surface area contributed by atoms with Crippen LogP contribution in [0.1, 0.15) is 5.56 Å². The minimum Gasteiger partial charge on any atom is -0.331 e. The van der Waals surface area contributed by atoms with E-state index in [2.05, 4.69) is 28.0 Å². The lowest BCUT2D eigenvalue weighted by Gasteiger charge is -2.10. The topological polar surface area (TPSA) is 36.4 Å². The average Bonchev–Trinajstić information content (AvgIpc) is 2.57. The summed E-state index contributed by atoms with van der Waals surface area (Å²) in [5, 5.41) is 11.0. The molecule has 0 heterocycles. The predicted molar refractivity (Wildman–Crippen MR) is 107 cm³/mol. The summed E-state index contributed by atoms with van der Waals surface area (Å²) < 4.78 is 0. The Kier molecular flexibility index (Phi) is 5.30. The van der Waals surface area contributed by atoms with Gasteiger partial charge >= 0.3 is 0 Å². The minimum atomic E-state index is 0.396. The van der Waals surface area contributed by atoms with E-state index in [-0.39, 0.29) is 0 Å². The van der Waals surface area contributed by atoms with Crippen molar-refractivity contribution in [2.45, 2.75) is 0 Å². The molecular weight excluding hydrogens is 361 g/mol. The molecule has 0 aliphatic carbocycles. The van der Waals surface area contributed by atoms with Crippen molar-refractivity contribution >= 4 is 63.2 Å². The number of thiocarbonyl (C=S) groups is 1. The Morgan fingerprint density at radius 2 is 1.79 bits per heavy atom. The summed E-state index contributed by atoms with van der Waals surface area (Å²) in [6.45, 7) is 0. The van der Waals surface area contributed by atoms with Crippen LogP contribution in [0.5, 0.6) is 0 Å². The van der Waals surface area contributed by atoms with Crippen LogP contribution in [0.15, 0.2) is 65.8 Å². The first kappa shape index (κ1) is 16.7. The van der Waals surface area contributed by atoms with Gasteiger partial charge in [-0.15, -0.1) is 0 Å². The van der Waals surface area contributed by atoms with Gasteiger partial charge in [0.2, 0.25) is 0 Å². The Bertz CT molecular complexity index is 920. The molecule has 0 bridgehead atoms. The fourth-order valence-corrected chi connectivity index (χ4v) is 2.87. The third-order valence-corrected chi connectivity index (χ3v) is 4.13. The number of nitrogens with one attached hydrogen (secondary N) is 2. The molecule has 120 valence electrons. The Hall–Kier alpha value is -2.14. The molecule has 0 saturated heterocycles. The van der Waals surface area contributed by atoms with Crippen molar-refractivity contribution in [2.24, 2.45) is 5.10 Å². The lowest BCUT2D eigenvalue weighted by molar-refractivity contribution is 1.05. The van der Waals surface area contributed by atoms with E-state index in [1.54, 1.807) is 24.4 Å². The Morgan fingerprint density at radius 1 is 1.00 bits per heavy atom. The molecule has 0 fully saturated rings. The molecule has 3 nitrogen and oxygen atoms in total. The first-order chi connectivity index (χ1) is 11.6. The van der Waals surface area contributed by atoms with Crippen LogP contribution in [0, 0.1) is 0 Å². The average molecular weight is 374 g/mol. The Labute approximate surface area is 155 Å². The van der Waals surface area contributed by atoms with Crippen LogP contribution < -0.4 is 10.7 Å². The van der Waals surface area contributed by atoms with E-state index in [1.165, 1.54) is 0 Å². The molecule has 0 unspecified atom stereocenters. The maximum absolute atomic E-state index is 6.09. The molecule has 2 N–H and O–H groups in total. The lowest BCUT2D eigenvalue weighted by Crippen LogP contribution is -2.23. The molecule has 3 aromatic carbocycles. The van der Waals surface area contributed by atoms with E-state index in [0.29, 0.717) is 15.2 Å². The van der Waals surface area contributed by atoms with Crippen molar-refractivity contribution in [2.75, 3.05) is 5.32 Å². The van der Waals surface area contributed by atoms with Gasteiger partial charge in [0, 0.05) is 21.7 Å². The number of halogens is 2. The highest BCUT2D eigenvalue weighted by atomic mass is 35.5. The summed E-state index contributed by atoms with van der Waals surface area (Å²) in [7, 11) is 0. The van der Waals surface area contributed by atoms with Crippen molar-refractivity contribution in [3.05, 3.63) is 76.3 Å². The van der Waals surface area contributed by atoms with Crippen LogP contribution in [0.3, 0.4) is 0 Å². The SMILES string of the molecule is S=C(N/N=C/c1ccc(Cl)cc1Cl)Nc1cccc2ccccc12. The van der Waals surface area contributed by atoms with E-state index < -0.39 is 0 Å². The second-order valence-corrected chi connectivity index (χ2v) is 6.27. The van der Waals surface area contributed by atoms with Crippen LogP contribution in [-0.4, -0.2) is 11.3 Å². The summed E-state index contributed by atoms with van der Waals surface area (Å²) >= 11 is 17.2. The van der Waals surface area contributed by atoms with E-state index >= 15 is 0 Å². The summed E-state index contributed by atoms with van der Waals surface area (Å²) in [5.74, 6) is 0. The second-order valence-electron chi connectivity index (χ2n) is 5.02. The third-order valence-electron chi connectivity index (χ3n) is 3.37. The minimum absolute atomic E-state index is 0.396. The van der Waals surface area contributed by atoms with Crippen LogP contribution >= 0.6 is 35.4 Å². The van der Waals surface area contributed by atoms with Crippen molar-refractivity contribution in [1.29, 1.82) is 0 Å². The number of hydrazone groups is 1. The maximum atomic E-state index is 6.09. The number of rotatable bonds is 3. The maximum Gasteiger partial charge on any atom is 0.191 e. The third kappa shape index (κ3) is 4.03. The Balaban J connectivity index is 1.68. The van der Waals surface area contributed by atoms with E-state index in [1.807, 2.05) is 30.3 Å². The van der Waals surface area contributed by atoms with Gasteiger partial charge in [0.25, 0.3) is 0 Å². The van der Waals surface area contributed by atoms with Gasteiger partial charge < -0.3 is 5.32 Å². The number of hydrogen-bond donors (Lipinski definition) is 2. The van der Waals surface area contributed by atoms with Gasteiger partial charge in [0.15, 0.2) is 5.11 Å². The van der Waals surface area contributed by atoms with E-state index in [9.17, 15) is 0 Å². The lowest BCUT2D eigenvalue weighted by atomic mass is 10.1. The Morgan fingerprint density at radius 3 is 2.62 bits per heavy atom. The monoisotopic (exact) mass is 373 g/mol. The number of benzene rings is 3. The molecule has 0 atom stereocenters. The largest absolute Gasteiger partial charge is 0.331 e. The summed E-state index contributed by atoms with van der Waals surface area (Å²) in [5.41, 5.74) is 4.46. The zero-order chi connectivity index (χ0) is 16.9. The molecule has 0 spiro atoms. The molecule has 24 heavy (non-hydrogen) atoms. The van der Waals surface area contributed by atoms with Gasteiger partial charge in [-0.3, -0.25) is 5.43 Å². The molecule has 0 saturated carbocycles. The van der Waals surface area contributed by atoms with Gasteiger partial charge in [0.1, 0.15) is 0 Å². The van der Waals surface area contributed by atoms with Crippen molar-refractivity contribution in [3.8, 4) is 0 Å². The van der Waals surface area contributed by atoms with Crippen molar-refractivity contribution < 1.29 is 0 Å². The second kappa shape index (κ2) is 7.62. The fourth-order valence-electron chi connectivity index (χ4n) is 2.25. The standard InChI is InChI=1S/C18H13Cl2N3S/c19-14-9-8-13(16(20)10-14)11-21-23-18(24)22-17-7-3-5-12-4-1-2-6-15(12)17/h1-11H,(H2,22,23,24)/b21-11+. The smallest absolute Gasteiger partial charge is 0.191 e. The van der Waals surface area contributed by atoms with Gasteiger partial charge in [-0.2, -0.15) is 5.10 Å². The molecule has 0 aliphatic heterocycles. The van der Waals surface area contributed by atoms with Crippen molar-refractivity contribution in [1.82, 2.24) is 5.43 Å². The quantitative estimate of drug-likeness (QED) is 0.363. The van der Waals surface area contributed by atoms with Gasteiger partial charge in [-0.05, 0) is 35.8 Å². The molecule has 0 aromatic heterocycles. The van der Waals surface area contributed by atoms with Crippen LogP contribution in [0.4, 0.5) is 5.69 Å². The van der Waals surface area contributed by atoms with Gasteiger partial charge in [-0.1, -0.05) is 65.7 Å². The summed E-state index contributed by atoms with van der Waals surface area (Å²) in [6.07, 6.45) is 1.59. The molecule has 3 aromatic rings. The van der Waals surface area contributed by atoms with Gasteiger partial charge in [0.05, 0.1) is 11.2 Å². The van der Waals surface area contributed by atoms with Crippen LogP contribution in [-0.2, 0) is 0 Å². The first-order valence-electron chi connectivity index (χ1n) is 7.16. The van der Waals surface area contributed by atoms with E-state index in [4.69, 9.17) is 35.4 Å². The number of anilines is 1. The van der Waals surface area contributed by atoms with Gasteiger partial charge in [-0.25, -0.2) is 0 Å². The molecule has 6 heteroatoms. The summed E-state index contributed by atoms with van der Waals surface area (Å²) in [4.78, 5) is 0. The molecular formula is C18H13Cl2N3S. The zero-order valence-electron chi connectivity index (χ0n) is 12.5. The number of hydrogen-bond acceptors (Lipinski definition) is 2. The summed E-state index contributed by atoms with van der Waals surface area (Å²) in [6, 6.07) is 19.3.